The number of hydrogen-bond donors (Lipinski definition) is 0. The Hall–Kier alpha value is -0.350. The minimum Gasteiger partial charge on any atom is -0.378 e. The summed E-state index contributed by atoms with van der Waals surface area (Å²) in [6, 6.07) is 0.376. The van der Waals surface area contributed by atoms with Gasteiger partial charge in [0, 0.05) is 13.2 Å². The van der Waals surface area contributed by atoms with Crippen LogP contribution in [0.1, 0.15) is 25.6 Å². The topological polar surface area (TPSA) is 27.1 Å². The first-order valence-corrected chi connectivity index (χ1v) is 4.67. The molecule has 0 amide bonds. The maximum Gasteiger partial charge on any atom is 0.0892 e. The zero-order valence-corrected chi connectivity index (χ0v) is 9.13. The molecule has 0 aliphatic carbocycles. The summed E-state index contributed by atoms with van der Waals surface area (Å²) in [5, 5.41) is 4.22. The van der Waals surface area contributed by atoms with E-state index < -0.39 is 0 Å². The number of aromatic nitrogens is 2. The second-order valence-electron chi connectivity index (χ2n) is 2.91. The second-order valence-corrected chi connectivity index (χ2v) is 3.76. The third-order valence-electron chi connectivity index (χ3n) is 1.62. The first-order chi connectivity index (χ1) is 5.66. The Balaban J connectivity index is 2.95. The van der Waals surface area contributed by atoms with Gasteiger partial charge in [-0.3, -0.25) is 4.68 Å². The van der Waals surface area contributed by atoms with Gasteiger partial charge in [-0.25, -0.2) is 0 Å². The van der Waals surface area contributed by atoms with Crippen LogP contribution in [0.25, 0.3) is 0 Å². The maximum atomic E-state index is 5.07. The van der Waals surface area contributed by atoms with Crippen molar-refractivity contribution in [2.45, 2.75) is 26.5 Å². The van der Waals surface area contributed by atoms with Crippen LogP contribution in [-0.2, 0) is 11.3 Å². The molecule has 0 spiro atoms. The Morgan fingerprint density at radius 1 is 1.67 bits per heavy atom. The number of halogens is 1. The van der Waals surface area contributed by atoms with Gasteiger partial charge in [0.1, 0.15) is 0 Å². The normalized spacial score (nSPS) is 11.1. The molecule has 4 heteroatoms. The van der Waals surface area contributed by atoms with Crippen molar-refractivity contribution >= 4 is 15.9 Å². The summed E-state index contributed by atoms with van der Waals surface area (Å²) < 4.78 is 8.03. The van der Waals surface area contributed by atoms with Crippen molar-refractivity contribution in [3.8, 4) is 0 Å². The fourth-order valence-electron chi connectivity index (χ4n) is 1.08. The van der Waals surface area contributed by atoms with E-state index in [-0.39, 0.29) is 0 Å². The van der Waals surface area contributed by atoms with E-state index in [4.69, 9.17) is 4.74 Å². The van der Waals surface area contributed by atoms with Crippen LogP contribution in [0.3, 0.4) is 0 Å². The van der Waals surface area contributed by atoms with E-state index in [0.717, 1.165) is 10.2 Å². The molecule has 0 aliphatic rings. The Morgan fingerprint density at radius 3 is 2.83 bits per heavy atom. The predicted octanol–water partition coefficient (Wildman–Crippen LogP) is 2.37. The number of methoxy groups -OCH3 is 1. The van der Waals surface area contributed by atoms with Crippen LogP contribution in [0.4, 0.5) is 0 Å². The summed E-state index contributed by atoms with van der Waals surface area (Å²) in [5.74, 6) is 0. The fourth-order valence-corrected chi connectivity index (χ4v) is 1.47. The molecule has 1 rings (SSSR count). The summed E-state index contributed by atoms with van der Waals surface area (Å²) in [6.07, 6.45) is 1.80. The molecule has 0 aromatic carbocycles. The van der Waals surface area contributed by atoms with E-state index in [2.05, 4.69) is 34.9 Å². The molecule has 0 saturated heterocycles. The highest BCUT2D eigenvalue weighted by Gasteiger charge is 2.09. The lowest BCUT2D eigenvalue weighted by atomic mass is 10.3. The average molecular weight is 233 g/mol. The van der Waals surface area contributed by atoms with Gasteiger partial charge in [-0.1, -0.05) is 0 Å². The summed E-state index contributed by atoms with van der Waals surface area (Å²) >= 11 is 3.42. The third kappa shape index (κ3) is 1.87. The van der Waals surface area contributed by atoms with Crippen LogP contribution in [0.2, 0.25) is 0 Å². The minimum atomic E-state index is 0.376. The summed E-state index contributed by atoms with van der Waals surface area (Å²) in [4.78, 5) is 0. The van der Waals surface area contributed by atoms with Crippen LogP contribution >= 0.6 is 15.9 Å². The highest BCUT2D eigenvalue weighted by Crippen LogP contribution is 2.19. The Labute approximate surface area is 80.8 Å². The first-order valence-electron chi connectivity index (χ1n) is 3.87. The van der Waals surface area contributed by atoms with Crippen LogP contribution in [-0.4, -0.2) is 16.9 Å². The molecule has 0 unspecified atom stereocenters. The summed E-state index contributed by atoms with van der Waals surface area (Å²) in [5.41, 5.74) is 1.09. The molecular weight excluding hydrogens is 220 g/mol. The maximum absolute atomic E-state index is 5.07. The smallest absolute Gasteiger partial charge is 0.0892 e. The van der Waals surface area contributed by atoms with Gasteiger partial charge in [0.2, 0.25) is 0 Å². The molecule has 0 atom stereocenters. The van der Waals surface area contributed by atoms with Crippen LogP contribution in [0.5, 0.6) is 0 Å². The third-order valence-corrected chi connectivity index (χ3v) is 2.28. The Bertz CT molecular complexity index is 258. The molecule has 0 saturated carbocycles. The monoisotopic (exact) mass is 232 g/mol. The number of nitrogens with zero attached hydrogens (tertiary/aromatic N) is 2. The molecule has 1 aromatic heterocycles. The number of ether oxygens (including phenoxy) is 1. The van der Waals surface area contributed by atoms with Crippen LogP contribution < -0.4 is 0 Å². The quantitative estimate of drug-likeness (QED) is 0.801. The molecule has 0 fully saturated rings. The van der Waals surface area contributed by atoms with Gasteiger partial charge >= 0.3 is 0 Å². The highest BCUT2D eigenvalue weighted by molar-refractivity contribution is 9.10. The summed E-state index contributed by atoms with van der Waals surface area (Å²) in [7, 11) is 1.68. The lowest BCUT2D eigenvalue weighted by Gasteiger charge is -2.10. The Kier molecular flexibility index (Phi) is 3.29. The SMILES string of the molecule is COCc1c(Br)cnn1C(C)C. The van der Waals surface area contributed by atoms with Crippen molar-refractivity contribution in [1.29, 1.82) is 0 Å². The molecule has 1 heterocycles. The molecule has 12 heavy (non-hydrogen) atoms. The van der Waals surface area contributed by atoms with Gasteiger partial charge in [0.15, 0.2) is 0 Å². The van der Waals surface area contributed by atoms with E-state index >= 15 is 0 Å². The zero-order chi connectivity index (χ0) is 9.14. The molecular formula is C8H13BrN2O. The highest BCUT2D eigenvalue weighted by atomic mass is 79.9. The standard InChI is InChI=1S/C8H13BrN2O/c1-6(2)11-8(5-12-3)7(9)4-10-11/h4,6H,5H2,1-3H3. The first kappa shape index (κ1) is 9.74. The number of hydrogen-bond acceptors (Lipinski definition) is 2. The lowest BCUT2D eigenvalue weighted by Crippen LogP contribution is -2.08. The van der Waals surface area contributed by atoms with Gasteiger partial charge in [0.05, 0.1) is 23.0 Å². The Morgan fingerprint density at radius 2 is 2.33 bits per heavy atom. The minimum absolute atomic E-state index is 0.376. The summed E-state index contributed by atoms with van der Waals surface area (Å²) in [6.45, 7) is 4.79. The van der Waals surface area contributed by atoms with E-state index in [0.29, 0.717) is 12.6 Å². The second kappa shape index (κ2) is 4.05. The van der Waals surface area contributed by atoms with Gasteiger partial charge in [-0.15, -0.1) is 0 Å². The largest absolute Gasteiger partial charge is 0.378 e. The lowest BCUT2D eigenvalue weighted by molar-refractivity contribution is 0.174. The van der Waals surface area contributed by atoms with Crippen molar-refractivity contribution in [2.24, 2.45) is 0 Å². The average Bonchev–Trinajstić information content (AvgIpc) is 2.34. The van der Waals surface area contributed by atoms with E-state index in [1.807, 2.05) is 4.68 Å². The van der Waals surface area contributed by atoms with Crippen molar-refractivity contribution < 1.29 is 4.74 Å². The van der Waals surface area contributed by atoms with Gasteiger partial charge in [-0.05, 0) is 29.8 Å². The van der Waals surface area contributed by atoms with Gasteiger partial charge in [0.25, 0.3) is 0 Å². The zero-order valence-electron chi connectivity index (χ0n) is 7.54. The molecule has 0 aliphatic heterocycles. The van der Waals surface area contributed by atoms with Gasteiger partial charge in [-0.2, -0.15) is 5.10 Å². The van der Waals surface area contributed by atoms with E-state index in [9.17, 15) is 0 Å². The molecule has 0 bridgehead atoms. The van der Waals surface area contributed by atoms with Crippen molar-refractivity contribution in [1.82, 2.24) is 9.78 Å². The fraction of sp³-hybridized carbons (Fsp3) is 0.625. The van der Waals surface area contributed by atoms with Crippen LogP contribution in [0, 0.1) is 0 Å². The number of rotatable bonds is 3. The molecule has 0 radical (unpaired) electrons. The van der Waals surface area contributed by atoms with Crippen molar-refractivity contribution in [3.63, 3.8) is 0 Å². The van der Waals surface area contributed by atoms with Crippen LogP contribution in [0.15, 0.2) is 10.7 Å². The molecule has 0 N–H and O–H groups in total. The molecule has 3 nitrogen and oxygen atoms in total. The van der Waals surface area contributed by atoms with Crippen molar-refractivity contribution in [2.75, 3.05) is 7.11 Å². The predicted molar refractivity (Wildman–Crippen MR) is 51.0 cm³/mol. The van der Waals surface area contributed by atoms with Gasteiger partial charge < -0.3 is 4.74 Å². The van der Waals surface area contributed by atoms with Crippen molar-refractivity contribution in [3.05, 3.63) is 16.4 Å². The molecule has 1 aromatic rings. The molecule has 68 valence electrons. The van der Waals surface area contributed by atoms with E-state index in [1.54, 1.807) is 13.3 Å². The van der Waals surface area contributed by atoms with E-state index in [1.165, 1.54) is 0 Å².